The predicted molar refractivity (Wildman–Crippen MR) is 103 cm³/mol. The van der Waals surface area contributed by atoms with Crippen LogP contribution in [0.1, 0.15) is 54.0 Å². The van der Waals surface area contributed by atoms with Crippen molar-refractivity contribution < 1.29 is 33.3 Å². The molecule has 0 fully saturated rings. The third-order valence-corrected chi connectivity index (χ3v) is 5.83. The molecule has 2 N–H and O–H groups in total. The van der Waals surface area contributed by atoms with Gasteiger partial charge in [-0.05, 0) is 53.5 Å². The van der Waals surface area contributed by atoms with Gasteiger partial charge in [0.15, 0.2) is 0 Å². The largest absolute Gasteiger partial charge is 0.468 e. The highest BCUT2D eigenvalue weighted by atomic mass is 31.2. The normalized spacial score (nSPS) is 16.8. The Hall–Kier alpha value is -1.34. The Morgan fingerprint density at radius 3 is 2.07 bits per heavy atom. The molecule has 0 aliphatic carbocycles. The van der Waals surface area contributed by atoms with Gasteiger partial charge in [0.05, 0.1) is 18.3 Å². The van der Waals surface area contributed by atoms with Crippen LogP contribution in [0.3, 0.4) is 0 Å². The van der Waals surface area contributed by atoms with Crippen LogP contribution in [0.15, 0.2) is 24.3 Å². The lowest BCUT2D eigenvalue weighted by Gasteiger charge is -2.36. The number of halogens is 2. The molecule has 0 saturated carbocycles. The van der Waals surface area contributed by atoms with Crippen molar-refractivity contribution in [2.45, 2.75) is 70.8 Å². The maximum atomic E-state index is 15.3. The average Bonchev–Trinajstić information content (AvgIpc) is 2.59. The first kappa shape index (κ1) is 22.9. The summed E-state index contributed by atoms with van der Waals surface area (Å²) in [5, 5.41) is 0. The Morgan fingerprint density at radius 1 is 1.14 bits per heavy atom. The highest BCUT2D eigenvalue weighted by Crippen LogP contribution is 2.69. The van der Waals surface area contributed by atoms with Crippen LogP contribution >= 0.6 is 7.60 Å². The van der Waals surface area contributed by atoms with Gasteiger partial charge in [-0.15, -0.1) is 0 Å². The first-order valence-electron chi connectivity index (χ1n) is 9.39. The first-order chi connectivity index (χ1) is 13.1. The zero-order valence-electron chi connectivity index (χ0n) is 18.1. The molecule has 0 aliphatic heterocycles. The fourth-order valence-electron chi connectivity index (χ4n) is 2.31. The van der Waals surface area contributed by atoms with Crippen molar-refractivity contribution >= 4 is 13.6 Å². The van der Waals surface area contributed by atoms with Crippen molar-refractivity contribution in [1.29, 1.82) is 0 Å². The average molecular weight is 422 g/mol. The van der Waals surface area contributed by atoms with Gasteiger partial charge in [0.25, 0.3) is 0 Å². The number of methoxy groups -OCH3 is 1. The SMILES string of the molecule is [2H]CC(C)(C)OP(=O)(OC(C)(C)C)C(F)(F)c1ccc(C[C@H](N)C(=O)OC)cc1. The van der Waals surface area contributed by atoms with E-state index in [1.807, 2.05) is 0 Å². The van der Waals surface area contributed by atoms with E-state index in [0.717, 1.165) is 12.1 Å². The second kappa shape index (κ2) is 8.57. The van der Waals surface area contributed by atoms with Gasteiger partial charge < -0.3 is 10.5 Å². The number of carbonyl (C=O) groups excluding carboxylic acids is 1. The van der Waals surface area contributed by atoms with Crippen LogP contribution in [0.2, 0.25) is 0 Å². The smallest absolute Gasteiger partial charge is 0.405 e. The molecule has 0 saturated heterocycles. The topological polar surface area (TPSA) is 87.9 Å². The molecule has 2 atom stereocenters. The highest BCUT2D eigenvalue weighted by molar-refractivity contribution is 7.54. The minimum atomic E-state index is -5.02. The summed E-state index contributed by atoms with van der Waals surface area (Å²) in [6.45, 7) is 6.88. The summed E-state index contributed by atoms with van der Waals surface area (Å²) in [5.74, 6) is -0.617. The summed E-state index contributed by atoms with van der Waals surface area (Å²) in [6.07, 6.45) is 0.0943. The van der Waals surface area contributed by atoms with Crippen molar-refractivity contribution in [3.63, 3.8) is 0 Å². The number of benzene rings is 1. The van der Waals surface area contributed by atoms with Crippen molar-refractivity contribution in [3.05, 3.63) is 35.4 Å². The Labute approximate surface area is 166 Å². The van der Waals surface area contributed by atoms with E-state index in [9.17, 15) is 9.36 Å². The number of carbonyl (C=O) groups is 1. The molecule has 0 aromatic heterocycles. The van der Waals surface area contributed by atoms with E-state index < -0.39 is 42.0 Å². The molecule has 0 bridgehead atoms. The third-order valence-electron chi connectivity index (χ3n) is 3.37. The number of alkyl halides is 2. The van der Waals surface area contributed by atoms with Gasteiger partial charge in [0, 0.05) is 6.93 Å². The lowest BCUT2D eigenvalue weighted by atomic mass is 10.0. The molecule has 1 rings (SSSR count). The summed E-state index contributed by atoms with van der Waals surface area (Å²) in [4.78, 5) is 11.4. The van der Waals surface area contributed by atoms with Crippen molar-refractivity contribution in [3.8, 4) is 0 Å². The molecule has 0 amide bonds. The van der Waals surface area contributed by atoms with E-state index >= 15 is 8.78 Å². The molecule has 6 nitrogen and oxygen atoms in total. The Balaban J connectivity index is 3.25. The number of ether oxygens (including phenoxy) is 1. The van der Waals surface area contributed by atoms with Gasteiger partial charge in [0.2, 0.25) is 0 Å². The molecule has 0 spiro atoms. The lowest BCUT2D eigenvalue weighted by Crippen LogP contribution is -2.33. The maximum absolute atomic E-state index is 15.3. The van der Waals surface area contributed by atoms with Gasteiger partial charge in [-0.1, -0.05) is 24.3 Å². The summed E-state index contributed by atoms with van der Waals surface area (Å²) < 4.78 is 66.4. The molecule has 160 valence electrons. The van der Waals surface area contributed by atoms with Crippen molar-refractivity contribution in [2.75, 3.05) is 7.11 Å². The molecule has 28 heavy (non-hydrogen) atoms. The number of esters is 1. The number of rotatable bonds is 7. The van der Waals surface area contributed by atoms with Crippen LogP contribution in [0.4, 0.5) is 8.78 Å². The lowest BCUT2D eigenvalue weighted by molar-refractivity contribution is -0.142. The Bertz CT molecular complexity index is 750. The second-order valence-electron chi connectivity index (χ2n) is 8.12. The standard InChI is InChI=1S/C19H30F2NO5P/c1-17(2,3)26-28(24,27-18(4,5)6)19(20,21)14-10-8-13(9-11-14)12-15(22)16(23)25-7/h8-11,15H,12,22H2,1-7H3/t15-/m0/s1/i1D/t15-,28?. The van der Waals surface area contributed by atoms with Crippen LogP contribution in [0.25, 0.3) is 0 Å². The van der Waals surface area contributed by atoms with Crippen molar-refractivity contribution in [1.82, 2.24) is 0 Å². The number of nitrogens with two attached hydrogens (primary N) is 1. The molecular weight excluding hydrogens is 391 g/mol. The van der Waals surface area contributed by atoms with E-state index in [4.69, 9.17) is 16.2 Å². The summed E-state index contributed by atoms with van der Waals surface area (Å²) in [5.41, 5.74) is -0.901. The summed E-state index contributed by atoms with van der Waals surface area (Å²) in [6, 6.07) is 3.99. The van der Waals surface area contributed by atoms with E-state index in [1.165, 1.54) is 53.9 Å². The van der Waals surface area contributed by atoms with E-state index in [0.29, 0.717) is 5.56 Å². The zero-order valence-corrected chi connectivity index (χ0v) is 18.0. The minimum absolute atomic E-state index is 0.0943. The van der Waals surface area contributed by atoms with Crippen LogP contribution < -0.4 is 5.73 Å². The summed E-state index contributed by atoms with van der Waals surface area (Å²) in [7, 11) is -3.81. The Morgan fingerprint density at radius 2 is 1.64 bits per heavy atom. The highest BCUT2D eigenvalue weighted by Gasteiger charge is 2.58. The van der Waals surface area contributed by atoms with Crippen LogP contribution in [-0.4, -0.2) is 30.3 Å². The van der Waals surface area contributed by atoms with Gasteiger partial charge in [0.1, 0.15) is 6.04 Å². The number of hydrogen-bond donors (Lipinski definition) is 1. The van der Waals surface area contributed by atoms with E-state index in [2.05, 4.69) is 4.74 Å². The van der Waals surface area contributed by atoms with E-state index in [1.54, 1.807) is 0 Å². The third kappa shape index (κ3) is 6.62. The molecule has 0 aliphatic rings. The molecular formula is C19H30F2NO5P. The van der Waals surface area contributed by atoms with Crippen molar-refractivity contribution in [2.24, 2.45) is 5.73 Å². The first-order valence-corrected chi connectivity index (χ1v) is 10.2. The molecule has 0 radical (unpaired) electrons. The quantitative estimate of drug-likeness (QED) is 0.510. The van der Waals surface area contributed by atoms with Crippen LogP contribution in [0.5, 0.6) is 0 Å². The molecule has 1 aromatic rings. The number of hydrogen-bond acceptors (Lipinski definition) is 6. The second-order valence-corrected chi connectivity index (χ2v) is 10.0. The predicted octanol–water partition coefficient (Wildman–Crippen LogP) is 4.60. The van der Waals surface area contributed by atoms with Gasteiger partial charge >= 0.3 is 19.2 Å². The molecule has 1 aromatic carbocycles. The summed E-state index contributed by atoms with van der Waals surface area (Å²) >= 11 is 0. The molecule has 9 heteroatoms. The van der Waals surface area contributed by atoms with Gasteiger partial charge in [-0.3, -0.25) is 18.4 Å². The minimum Gasteiger partial charge on any atom is -0.468 e. The maximum Gasteiger partial charge on any atom is 0.405 e. The van der Waals surface area contributed by atoms with E-state index in [-0.39, 0.29) is 13.3 Å². The van der Waals surface area contributed by atoms with Gasteiger partial charge in [-0.25, -0.2) is 0 Å². The zero-order chi connectivity index (χ0) is 22.7. The molecule has 0 heterocycles. The van der Waals surface area contributed by atoms with Crippen LogP contribution in [0, 0.1) is 0 Å². The fraction of sp³-hybridized carbons (Fsp3) is 0.632. The van der Waals surface area contributed by atoms with Crippen LogP contribution in [-0.2, 0) is 35.2 Å². The fourth-order valence-corrected chi connectivity index (χ4v) is 4.41. The monoisotopic (exact) mass is 422 g/mol. The molecule has 1 unspecified atom stereocenters. The Kier molecular flexibility index (Phi) is 7.03. The van der Waals surface area contributed by atoms with Gasteiger partial charge in [-0.2, -0.15) is 8.78 Å².